The van der Waals surface area contributed by atoms with Crippen LogP contribution >= 0.6 is 23.2 Å². The molecule has 2 unspecified atom stereocenters. The van der Waals surface area contributed by atoms with Crippen LogP contribution in [0.25, 0.3) is 0 Å². The van der Waals surface area contributed by atoms with Crippen LogP contribution in [-0.4, -0.2) is 31.6 Å². The average Bonchev–Trinajstić information content (AvgIpc) is 3.23. The van der Waals surface area contributed by atoms with Crippen molar-refractivity contribution in [3.8, 4) is 11.5 Å². The minimum atomic E-state index is -0.416. The largest absolute Gasteiger partial charge is 0.497 e. The molecule has 1 saturated carbocycles. The first-order valence-electron chi connectivity index (χ1n) is 9.82. The third-order valence-corrected chi connectivity index (χ3v) is 5.84. The van der Waals surface area contributed by atoms with E-state index in [-0.39, 0.29) is 12.2 Å². The van der Waals surface area contributed by atoms with E-state index < -0.39 is 6.29 Å². The Kier molecular flexibility index (Phi) is 8.01. The smallest absolute Gasteiger partial charge is 0.155 e. The number of nitrogens with zero attached hydrogens (tertiary/aromatic N) is 1. The molecule has 0 amide bonds. The number of pyridine rings is 1. The van der Waals surface area contributed by atoms with Crippen LogP contribution < -0.4 is 9.47 Å². The van der Waals surface area contributed by atoms with Gasteiger partial charge in [0.1, 0.15) is 11.5 Å². The summed E-state index contributed by atoms with van der Waals surface area (Å²) in [5.41, 5.74) is 1.69. The van der Waals surface area contributed by atoms with Crippen molar-refractivity contribution in [1.82, 2.24) is 4.98 Å². The summed E-state index contributed by atoms with van der Waals surface area (Å²) in [5.74, 6) is 1.49. The molecule has 0 bridgehead atoms. The summed E-state index contributed by atoms with van der Waals surface area (Å²) >= 11 is 12.7. The van der Waals surface area contributed by atoms with Crippen molar-refractivity contribution in [2.75, 3.05) is 14.2 Å². The SMILES string of the molecule is COc1ccc(C(Cc2c(Cl)cncc2Cl)OC(C)OC)c(OC2CCCC2)c1. The van der Waals surface area contributed by atoms with Crippen molar-refractivity contribution in [3.63, 3.8) is 0 Å². The number of halogens is 2. The molecule has 0 radical (unpaired) electrons. The summed E-state index contributed by atoms with van der Waals surface area (Å²) in [6.07, 6.45) is 7.53. The summed E-state index contributed by atoms with van der Waals surface area (Å²) in [6.45, 7) is 1.85. The van der Waals surface area contributed by atoms with Gasteiger partial charge >= 0.3 is 0 Å². The molecule has 1 fully saturated rings. The molecule has 29 heavy (non-hydrogen) atoms. The molecule has 2 atom stereocenters. The second-order valence-electron chi connectivity index (χ2n) is 7.14. The molecule has 1 aromatic heterocycles. The van der Waals surface area contributed by atoms with Crippen LogP contribution in [0.4, 0.5) is 0 Å². The number of rotatable bonds is 9. The topological polar surface area (TPSA) is 49.8 Å². The lowest BCUT2D eigenvalue weighted by Gasteiger charge is -2.26. The van der Waals surface area contributed by atoms with Gasteiger partial charge in [0.15, 0.2) is 6.29 Å². The van der Waals surface area contributed by atoms with Gasteiger partial charge in [-0.25, -0.2) is 0 Å². The van der Waals surface area contributed by atoms with Crippen LogP contribution in [0.2, 0.25) is 10.0 Å². The van der Waals surface area contributed by atoms with Gasteiger partial charge in [-0.1, -0.05) is 23.2 Å². The van der Waals surface area contributed by atoms with E-state index in [1.54, 1.807) is 26.6 Å². The molecular weight excluding hydrogens is 413 g/mol. The predicted molar refractivity (Wildman–Crippen MR) is 114 cm³/mol. The maximum absolute atomic E-state index is 6.37. The lowest BCUT2D eigenvalue weighted by atomic mass is 10.0. The normalized spacial score (nSPS) is 16.6. The number of benzene rings is 1. The highest BCUT2D eigenvalue weighted by Crippen LogP contribution is 2.38. The van der Waals surface area contributed by atoms with E-state index in [2.05, 4.69) is 4.98 Å². The van der Waals surface area contributed by atoms with Crippen LogP contribution in [-0.2, 0) is 15.9 Å². The molecule has 158 valence electrons. The van der Waals surface area contributed by atoms with Gasteiger partial charge in [0, 0.05) is 37.6 Å². The number of aromatic nitrogens is 1. The number of hydrogen-bond acceptors (Lipinski definition) is 5. The molecule has 2 aromatic rings. The van der Waals surface area contributed by atoms with E-state index in [0.717, 1.165) is 35.5 Å². The predicted octanol–water partition coefficient (Wildman–Crippen LogP) is 6.01. The van der Waals surface area contributed by atoms with Crippen LogP contribution in [0, 0.1) is 0 Å². The first-order valence-corrected chi connectivity index (χ1v) is 10.6. The zero-order valence-electron chi connectivity index (χ0n) is 17.0. The van der Waals surface area contributed by atoms with Gasteiger partial charge in [0.05, 0.1) is 29.4 Å². The van der Waals surface area contributed by atoms with Crippen molar-refractivity contribution >= 4 is 23.2 Å². The minimum Gasteiger partial charge on any atom is -0.497 e. The Morgan fingerprint density at radius 1 is 1.10 bits per heavy atom. The number of ether oxygens (including phenoxy) is 4. The molecule has 7 heteroatoms. The fourth-order valence-corrected chi connectivity index (χ4v) is 4.05. The van der Waals surface area contributed by atoms with E-state index >= 15 is 0 Å². The summed E-state index contributed by atoms with van der Waals surface area (Å²) in [4.78, 5) is 4.04. The van der Waals surface area contributed by atoms with Gasteiger partial charge in [-0.3, -0.25) is 4.98 Å². The quantitative estimate of drug-likeness (QED) is 0.447. The second kappa shape index (κ2) is 10.5. The zero-order chi connectivity index (χ0) is 20.8. The highest BCUT2D eigenvalue weighted by molar-refractivity contribution is 6.35. The van der Waals surface area contributed by atoms with E-state index in [9.17, 15) is 0 Å². The van der Waals surface area contributed by atoms with Gasteiger partial charge in [0.2, 0.25) is 0 Å². The lowest BCUT2D eigenvalue weighted by Crippen LogP contribution is -2.20. The third-order valence-electron chi connectivity index (χ3n) is 5.19. The minimum absolute atomic E-state index is 0.203. The Morgan fingerprint density at radius 2 is 1.79 bits per heavy atom. The molecule has 1 aliphatic rings. The van der Waals surface area contributed by atoms with Crippen LogP contribution in [0.5, 0.6) is 11.5 Å². The molecule has 1 aromatic carbocycles. The maximum Gasteiger partial charge on any atom is 0.155 e. The highest BCUT2D eigenvalue weighted by atomic mass is 35.5. The van der Waals surface area contributed by atoms with Crippen molar-refractivity contribution in [2.45, 2.75) is 57.5 Å². The van der Waals surface area contributed by atoms with Crippen molar-refractivity contribution in [1.29, 1.82) is 0 Å². The number of methoxy groups -OCH3 is 2. The Labute approximate surface area is 182 Å². The van der Waals surface area contributed by atoms with Gasteiger partial charge in [-0.2, -0.15) is 0 Å². The number of hydrogen-bond donors (Lipinski definition) is 0. The fourth-order valence-electron chi connectivity index (χ4n) is 3.53. The second-order valence-corrected chi connectivity index (χ2v) is 7.96. The Bertz CT molecular complexity index is 791. The molecule has 5 nitrogen and oxygen atoms in total. The molecule has 1 aliphatic carbocycles. The summed E-state index contributed by atoms with van der Waals surface area (Å²) in [7, 11) is 3.25. The summed E-state index contributed by atoms with van der Waals surface area (Å²) < 4.78 is 23.3. The van der Waals surface area contributed by atoms with Crippen molar-refractivity contribution < 1.29 is 18.9 Å². The molecule has 1 heterocycles. The van der Waals surface area contributed by atoms with E-state index in [4.69, 9.17) is 42.1 Å². The Balaban J connectivity index is 1.97. The average molecular weight is 440 g/mol. The maximum atomic E-state index is 6.37. The molecule has 0 aliphatic heterocycles. The molecule has 0 N–H and O–H groups in total. The molecule has 3 rings (SSSR count). The van der Waals surface area contributed by atoms with Crippen molar-refractivity contribution in [3.05, 3.63) is 51.8 Å². The standard InChI is InChI=1S/C22H27Cl2NO4/c1-14(26-2)28-22(11-18-19(23)12-25-13-20(18)24)17-9-8-16(27-3)10-21(17)29-15-6-4-5-7-15/h8-10,12-15,22H,4-7,11H2,1-3H3. The fraction of sp³-hybridized carbons (Fsp3) is 0.500. The van der Waals surface area contributed by atoms with Gasteiger partial charge < -0.3 is 18.9 Å². The van der Waals surface area contributed by atoms with Crippen molar-refractivity contribution in [2.24, 2.45) is 0 Å². The lowest BCUT2D eigenvalue weighted by molar-refractivity contribution is -0.146. The monoisotopic (exact) mass is 439 g/mol. The highest BCUT2D eigenvalue weighted by Gasteiger charge is 2.25. The van der Waals surface area contributed by atoms with Crippen LogP contribution in [0.3, 0.4) is 0 Å². The first-order chi connectivity index (χ1) is 14.0. The summed E-state index contributed by atoms with van der Waals surface area (Å²) in [6, 6.07) is 5.79. The first kappa shape index (κ1) is 22.2. The van der Waals surface area contributed by atoms with E-state index in [0.29, 0.717) is 16.5 Å². The van der Waals surface area contributed by atoms with Crippen LogP contribution in [0.1, 0.15) is 49.8 Å². The molecular formula is C22H27Cl2NO4. The Morgan fingerprint density at radius 3 is 2.41 bits per heavy atom. The Hall–Kier alpha value is -1.53. The van der Waals surface area contributed by atoms with Gasteiger partial charge in [0.25, 0.3) is 0 Å². The third kappa shape index (κ3) is 5.76. The van der Waals surface area contributed by atoms with Crippen LogP contribution in [0.15, 0.2) is 30.6 Å². The molecule has 0 saturated heterocycles. The van der Waals surface area contributed by atoms with E-state index in [1.165, 1.54) is 12.8 Å². The molecule has 0 spiro atoms. The van der Waals surface area contributed by atoms with Gasteiger partial charge in [-0.05, 0) is 50.3 Å². The zero-order valence-corrected chi connectivity index (χ0v) is 18.5. The summed E-state index contributed by atoms with van der Waals surface area (Å²) in [5, 5.41) is 1.01. The van der Waals surface area contributed by atoms with Gasteiger partial charge in [-0.15, -0.1) is 0 Å². The van der Waals surface area contributed by atoms with E-state index in [1.807, 2.05) is 25.1 Å².